The van der Waals surface area contributed by atoms with Crippen LogP contribution in [0.4, 0.5) is 0 Å². The van der Waals surface area contributed by atoms with Crippen LogP contribution in [0.1, 0.15) is 47.4 Å². The van der Waals surface area contributed by atoms with E-state index in [9.17, 15) is 8.42 Å². The maximum atomic E-state index is 13.1. The van der Waals surface area contributed by atoms with Crippen LogP contribution in [0.5, 0.6) is 0 Å². The van der Waals surface area contributed by atoms with E-state index in [2.05, 4.69) is 20.3 Å². The van der Waals surface area contributed by atoms with Crippen LogP contribution < -0.4 is 0 Å². The summed E-state index contributed by atoms with van der Waals surface area (Å²) >= 11 is 6.21. The molecule has 1 aliphatic heterocycles. The zero-order chi connectivity index (χ0) is 20.6. The van der Waals surface area contributed by atoms with Crippen molar-refractivity contribution in [1.82, 2.24) is 24.6 Å². The molecular weight excluding hydrogens is 414 g/mol. The fourth-order valence-corrected chi connectivity index (χ4v) is 5.79. The average Bonchev–Trinajstić information content (AvgIpc) is 3.30. The van der Waals surface area contributed by atoms with Crippen LogP contribution >= 0.6 is 11.6 Å². The Labute approximate surface area is 174 Å². The molecule has 1 fully saturated rings. The van der Waals surface area contributed by atoms with Crippen LogP contribution in [0.25, 0.3) is 0 Å². The van der Waals surface area contributed by atoms with Gasteiger partial charge < -0.3 is 4.52 Å². The van der Waals surface area contributed by atoms with Crippen molar-refractivity contribution in [3.05, 3.63) is 58.0 Å². The van der Waals surface area contributed by atoms with Crippen LogP contribution in [-0.2, 0) is 16.4 Å². The highest BCUT2D eigenvalue weighted by molar-refractivity contribution is 7.89. The number of aromatic nitrogens is 4. The minimum absolute atomic E-state index is 0.140. The first-order valence-corrected chi connectivity index (χ1v) is 11.3. The third-order valence-electron chi connectivity index (χ3n) is 5.18. The van der Waals surface area contributed by atoms with Gasteiger partial charge in [0, 0.05) is 24.5 Å². The number of hydrogen-bond donors (Lipinski definition) is 1. The third kappa shape index (κ3) is 3.94. The molecule has 4 rings (SSSR count). The maximum absolute atomic E-state index is 13.1. The molecule has 0 spiro atoms. The topological polar surface area (TPSA) is 105 Å². The normalized spacial score (nSPS) is 18.2. The molecule has 0 unspecified atom stereocenters. The first kappa shape index (κ1) is 20.1. The fourth-order valence-electron chi connectivity index (χ4n) is 3.73. The van der Waals surface area contributed by atoms with E-state index >= 15 is 0 Å². The van der Waals surface area contributed by atoms with Crippen molar-refractivity contribution in [2.24, 2.45) is 0 Å². The summed E-state index contributed by atoms with van der Waals surface area (Å²) in [5.74, 6) is 0.862. The Hall–Kier alpha value is -2.23. The molecular formula is C19H22ClN5O3S. The Kier molecular flexibility index (Phi) is 5.46. The van der Waals surface area contributed by atoms with Crippen molar-refractivity contribution < 1.29 is 12.9 Å². The van der Waals surface area contributed by atoms with Crippen LogP contribution in [0.2, 0.25) is 5.02 Å². The highest BCUT2D eigenvalue weighted by Crippen LogP contribution is 2.31. The van der Waals surface area contributed by atoms with Crippen LogP contribution in [0, 0.1) is 13.8 Å². The number of rotatable bonds is 5. The minimum Gasteiger partial charge on any atom is -0.339 e. The Bertz CT molecular complexity index is 1110. The van der Waals surface area contributed by atoms with Gasteiger partial charge in [-0.1, -0.05) is 35.0 Å². The number of aryl methyl sites for hydroxylation is 2. The molecule has 0 radical (unpaired) electrons. The quantitative estimate of drug-likeness (QED) is 0.659. The van der Waals surface area contributed by atoms with Gasteiger partial charge in [-0.3, -0.25) is 5.10 Å². The van der Waals surface area contributed by atoms with E-state index in [-0.39, 0.29) is 10.8 Å². The molecule has 8 nitrogen and oxygen atoms in total. The van der Waals surface area contributed by atoms with Gasteiger partial charge in [-0.25, -0.2) is 8.42 Å². The Balaban J connectivity index is 1.52. The molecule has 3 aromatic rings. The Morgan fingerprint density at radius 2 is 2.10 bits per heavy atom. The van der Waals surface area contributed by atoms with E-state index in [1.54, 1.807) is 13.8 Å². The second kappa shape index (κ2) is 7.89. The van der Waals surface area contributed by atoms with Crippen molar-refractivity contribution in [2.45, 2.75) is 43.9 Å². The summed E-state index contributed by atoms with van der Waals surface area (Å²) in [6.07, 6.45) is 1.98. The molecule has 154 valence electrons. The number of aromatic amines is 1. The maximum Gasteiger partial charge on any atom is 0.246 e. The molecule has 1 aromatic carbocycles. The van der Waals surface area contributed by atoms with Gasteiger partial charge >= 0.3 is 0 Å². The number of piperidine rings is 1. The minimum atomic E-state index is -3.64. The molecule has 2 aromatic heterocycles. The van der Waals surface area contributed by atoms with Crippen molar-refractivity contribution in [3.8, 4) is 0 Å². The summed E-state index contributed by atoms with van der Waals surface area (Å²) in [4.78, 5) is 4.76. The lowest BCUT2D eigenvalue weighted by atomic mass is 10.00. The average molecular weight is 436 g/mol. The molecule has 0 saturated carbocycles. The van der Waals surface area contributed by atoms with E-state index < -0.39 is 10.0 Å². The molecule has 0 amide bonds. The molecule has 1 N–H and O–H groups in total. The lowest BCUT2D eigenvalue weighted by Gasteiger charge is -2.30. The van der Waals surface area contributed by atoms with Gasteiger partial charge in [-0.15, -0.1) is 0 Å². The van der Waals surface area contributed by atoms with Crippen LogP contribution in [0.15, 0.2) is 33.7 Å². The Morgan fingerprint density at radius 1 is 1.31 bits per heavy atom. The summed E-state index contributed by atoms with van der Waals surface area (Å²) in [7, 11) is -3.64. The lowest BCUT2D eigenvalue weighted by molar-refractivity contribution is 0.265. The number of hydrogen-bond acceptors (Lipinski definition) is 6. The summed E-state index contributed by atoms with van der Waals surface area (Å²) < 4.78 is 33.2. The standard InChI is InChI=1S/C19H22ClN5O3S/c1-12-18(13(2)23-22-12)29(26,27)25-9-5-7-15(11-25)19-21-17(24-28-19)10-14-6-3-4-8-16(14)20/h3-4,6,8,15H,5,7,9-11H2,1-2H3,(H,22,23)/t15-/m0/s1. The predicted molar refractivity (Wildman–Crippen MR) is 107 cm³/mol. The second-order valence-electron chi connectivity index (χ2n) is 7.28. The molecule has 0 bridgehead atoms. The Morgan fingerprint density at radius 3 is 2.83 bits per heavy atom. The smallest absolute Gasteiger partial charge is 0.246 e. The third-order valence-corrected chi connectivity index (χ3v) is 7.68. The molecule has 1 saturated heterocycles. The molecule has 29 heavy (non-hydrogen) atoms. The number of benzene rings is 1. The van der Waals surface area contributed by atoms with E-state index in [4.69, 9.17) is 16.1 Å². The predicted octanol–water partition coefficient (Wildman–Crippen LogP) is 3.22. The molecule has 10 heteroatoms. The largest absolute Gasteiger partial charge is 0.339 e. The number of sulfonamides is 1. The van der Waals surface area contributed by atoms with E-state index in [0.717, 1.165) is 18.4 Å². The fraction of sp³-hybridized carbons (Fsp3) is 0.421. The van der Waals surface area contributed by atoms with Gasteiger partial charge in [0.05, 0.1) is 17.3 Å². The number of nitrogens with zero attached hydrogens (tertiary/aromatic N) is 4. The second-order valence-corrected chi connectivity index (χ2v) is 9.56. The van der Waals surface area contributed by atoms with Gasteiger partial charge in [0.1, 0.15) is 4.90 Å². The van der Waals surface area contributed by atoms with E-state index in [1.165, 1.54) is 4.31 Å². The number of halogens is 1. The number of H-pyrrole nitrogens is 1. The highest BCUT2D eigenvalue weighted by atomic mass is 35.5. The summed E-state index contributed by atoms with van der Waals surface area (Å²) in [6.45, 7) is 4.17. The molecule has 1 aliphatic rings. The van der Waals surface area contributed by atoms with Gasteiger partial charge in [0.25, 0.3) is 0 Å². The monoisotopic (exact) mass is 435 g/mol. The summed E-state index contributed by atoms with van der Waals surface area (Å²) in [5.41, 5.74) is 1.94. The van der Waals surface area contributed by atoms with Crippen LogP contribution in [-0.4, -0.2) is 46.2 Å². The van der Waals surface area contributed by atoms with E-state index in [1.807, 2.05) is 24.3 Å². The van der Waals surface area contributed by atoms with Gasteiger partial charge in [-0.05, 0) is 38.3 Å². The van der Waals surface area contributed by atoms with Gasteiger partial charge in [-0.2, -0.15) is 14.4 Å². The molecule has 0 aliphatic carbocycles. The first-order valence-electron chi connectivity index (χ1n) is 9.44. The summed E-state index contributed by atoms with van der Waals surface area (Å²) in [6, 6.07) is 7.52. The highest BCUT2D eigenvalue weighted by Gasteiger charge is 2.35. The molecule has 1 atom stereocenters. The summed E-state index contributed by atoms with van der Waals surface area (Å²) in [5, 5.41) is 11.5. The van der Waals surface area contributed by atoms with Crippen molar-refractivity contribution in [1.29, 1.82) is 0 Å². The van der Waals surface area contributed by atoms with Crippen molar-refractivity contribution in [3.63, 3.8) is 0 Å². The van der Waals surface area contributed by atoms with E-state index in [0.29, 0.717) is 47.6 Å². The number of nitrogens with one attached hydrogen (secondary N) is 1. The lowest BCUT2D eigenvalue weighted by Crippen LogP contribution is -2.39. The van der Waals surface area contributed by atoms with Gasteiger partial charge in [0.15, 0.2) is 5.82 Å². The van der Waals surface area contributed by atoms with Gasteiger partial charge in [0.2, 0.25) is 15.9 Å². The van der Waals surface area contributed by atoms with Crippen LogP contribution in [0.3, 0.4) is 0 Å². The van der Waals surface area contributed by atoms with Crippen molar-refractivity contribution >= 4 is 21.6 Å². The van der Waals surface area contributed by atoms with Crippen molar-refractivity contribution in [2.75, 3.05) is 13.1 Å². The zero-order valence-corrected chi connectivity index (χ0v) is 17.8. The zero-order valence-electron chi connectivity index (χ0n) is 16.2. The SMILES string of the molecule is Cc1n[nH]c(C)c1S(=O)(=O)N1CCC[C@H](c2nc(Cc3ccccc3Cl)no2)C1. The molecule has 3 heterocycles. The first-order chi connectivity index (χ1) is 13.9.